The molecule has 0 bridgehead atoms. The van der Waals surface area contributed by atoms with E-state index in [2.05, 4.69) is 36.0 Å². The number of aryl methyl sites for hydroxylation is 2. The number of pyridine rings is 1. The van der Waals surface area contributed by atoms with Crippen LogP contribution in [0.2, 0.25) is 0 Å². The van der Waals surface area contributed by atoms with E-state index in [9.17, 15) is 0 Å². The van der Waals surface area contributed by atoms with Crippen LogP contribution in [0.25, 0.3) is 0 Å². The fourth-order valence-corrected chi connectivity index (χ4v) is 1.59. The van der Waals surface area contributed by atoms with Crippen LogP contribution < -0.4 is 24.8 Å². The SMILES string of the molecule is Cc1cccc(C)c1N=Cc1ccccn1.[Cl-].[Cl-].[Ni+2]. The predicted octanol–water partition coefficient (Wildman–Crippen LogP) is -2.55. The van der Waals surface area contributed by atoms with Crippen molar-refractivity contribution in [1.29, 1.82) is 0 Å². The molecule has 104 valence electrons. The van der Waals surface area contributed by atoms with Crippen LogP contribution in [0.4, 0.5) is 5.69 Å². The van der Waals surface area contributed by atoms with Gasteiger partial charge in [0.05, 0.1) is 17.6 Å². The van der Waals surface area contributed by atoms with E-state index < -0.39 is 0 Å². The Hall–Kier alpha value is -0.886. The normalized spacial score (nSPS) is 9.16. The average molecular weight is 340 g/mol. The first kappa shape index (κ1) is 20.4. The zero-order chi connectivity index (χ0) is 11.4. The van der Waals surface area contributed by atoms with Gasteiger partial charge in [0, 0.05) is 6.20 Å². The summed E-state index contributed by atoms with van der Waals surface area (Å²) in [6.07, 6.45) is 3.57. The first-order valence-corrected chi connectivity index (χ1v) is 5.28. The van der Waals surface area contributed by atoms with E-state index in [0.717, 1.165) is 11.4 Å². The summed E-state index contributed by atoms with van der Waals surface area (Å²) >= 11 is 0. The van der Waals surface area contributed by atoms with E-state index in [1.807, 2.05) is 24.3 Å². The van der Waals surface area contributed by atoms with Gasteiger partial charge in [-0.25, -0.2) is 0 Å². The number of rotatable bonds is 2. The van der Waals surface area contributed by atoms with Gasteiger partial charge in [0.15, 0.2) is 0 Å². The monoisotopic (exact) mass is 338 g/mol. The van der Waals surface area contributed by atoms with E-state index in [-0.39, 0.29) is 41.3 Å². The number of halogens is 2. The standard InChI is InChI=1S/C14H14N2.2ClH.Ni/c1-11-6-5-7-12(2)14(11)16-10-13-8-3-4-9-15-13;;;/h3-10H,1-2H3;2*1H;/q;;;+2/p-2. The number of nitrogens with zero attached hydrogens (tertiary/aromatic N) is 2. The maximum atomic E-state index is 4.49. The summed E-state index contributed by atoms with van der Waals surface area (Å²) in [6.45, 7) is 4.14. The summed E-state index contributed by atoms with van der Waals surface area (Å²) in [7, 11) is 0. The zero-order valence-electron chi connectivity index (χ0n) is 10.6. The Bertz CT molecular complexity index is 496. The van der Waals surface area contributed by atoms with Crippen LogP contribution in [-0.2, 0) is 16.5 Å². The smallest absolute Gasteiger partial charge is 1.00 e. The van der Waals surface area contributed by atoms with E-state index >= 15 is 0 Å². The Morgan fingerprint density at radius 2 is 1.58 bits per heavy atom. The predicted molar refractivity (Wildman–Crippen MR) is 67.4 cm³/mol. The Kier molecular flexibility index (Phi) is 10.7. The third kappa shape index (κ3) is 5.73. The molecule has 2 nitrogen and oxygen atoms in total. The minimum atomic E-state index is 0. The molecule has 0 unspecified atom stereocenters. The fourth-order valence-electron chi connectivity index (χ4n) is 1.59. The van der Waals surface area contributed by atoms with Crippen LogP contribution in [-0.4, -0.2) is 11.2 Å². The van der Waals surface area contributed by atoms with E-state index in [1.165, 1.54) is 11.1 Å². The number of hydrogen-bond acceptors (Lipinski definition) is 2. The zero-order valence-corrected chi connectivity index (χ0v) is 13.1. The van der Waals surface area contributed by atoms with Crippen molar-refractivity contribution >= 4 is 11.9 Å². The minimum absolute atomic E-state index is 0. The molecule has 0 atom stereocenters. The Morgan fingerprint density at radius 3 is 2.11 bits per heavy atom. The molecule has 0 saturated heterocycles. The first-order chi connectivity index (χ1) is 7.77. The van der Waals surface area contributed by atoms with E-state index in [1.54, 1.807) is 12.4 Å². The van der Waals surface area contributed by atoms with Gasteiger partial charge >= 0.3 is 16.5 Å². The van der Waals surface area contributed by atoms with Crippen LogP contribution in [0.15, 0.2) is 47.6 Å². The van der Waals surface area contributed by atoms with Crippen molar-refractivity contribution in [2.24, 2.45) is 4.99 Å². The summed E-state index contributed by atoms with van der Waals surface area (Å²) in [5.41, 5.74) is 4.29. The molecule has 0 aliphatic carbocycles. The van der Waals surface area contributed by atoms with Crippen LogP contribution in [0.3, 0.4) is 0 Å². The van der Waals surface area contributed by atoms with Gasteiger partial charge in [-0.3, -0.25) is 9.98 Å². The summed E-state index contributed by atoms with van der Waals surface area (Å²) < 4.78 is 0. The molecule has 0 aliphatic heterocycles. The van der Waals surface area contributed by atoms with Gasteiger partial charge in [0.2, 0.25) is 0 Å². The summed E-state index contributed by atoms with van der Waals surface area (Å²) in [5, 5.41) is 0. The molecule has 0 radical (unpaired) electrons. The topological polar surface area (TPSA) is 25.2 Å². The Labute approximate surface area is 136 Å². The third-order valence-electron chi connectivity index (χ3n) is 2.45. The van der Waals surface area contributed by atoms with Crippen molar-refractivity contribution in [3.05, 3.63) is 59.4 Å². The van der Waals surface area contributed by atoms with Crippen LogP contribution in [0.5, 0.6) is 0 Å². The molecule has 1 heterocycles. The minimum Gasteiger partial charge on any atom is -1.00 e. The molecule has 5 heteroatoms. The molecule has 0 aliphatic rings. The Balaban J connectivity index is 0. The number of para-hydroxylation sites is 1. The molecular weight excluding hydrogens is 326 g/mol. The maximum Gasteiger partial charge on any atom is 2.00 e. The van der Waals surface area contributed by atoms with Crippen molar-refractivity contribution < 1.29 is 41.3 Å². The third-order valence-corrected chi connectivity index (χ3v) is 2.45. The molecule has 0 N–H and O–H groups in total. The van der Waals surface area contributed by atoms with Crippen LogP contribution >= 0.6 is 0 Å². The molecule has 0 saturated carbocycles. The van der Waals surface area contributed by atoms with E-state index in [4.69, 9.17) is 0 Å². The largest absolute Gasteiger partial charge is 2.00 e. The molecule has 19 heavy (non-hydrogen) atoms. The van der Waals surface area contributed by atoms with Crippen LogP contribution in [0.1, 0.15) is 16.8 Å². The van der Waals surface area contributed by atoms with Crippen molar-refractivity contribution in [1.82, 2.24) is 4.98 Å². The van der Waals surface area contributed by atoms with Gasteiger partial charge in [-0.2, -0.15) is 0 Å². The molecule has 0 amide bonds. The number of benzene rings is 1. The van der Waals surface area contributed by atoms with Crippen molar-refractivity contribution in [3.63, 3.8) is 0 Å². The van der Waals surface area contributed by atoms with Crippen molar-refractivity contribution in [2.75, 3.05) is 0 Å². The fraction of sp³-hybridized carbons (Fsp3) is 0.143. The summed E-state index contributed by atoms with van der Waals surface area (Å²) in [4.78, 5) is 8.69. The van der Waals surface area contributed by atoms with Gasteiger partial charge in [0.1, 0.15) is 0 Å². The molecular formula is C14H14Cl2N2Ni. The number of aliphatic imine (C=N–C) groups is 1. The second-order valence-electron chi connectivity index (χ2n) is 3.75. The van der Waals surface area contributed by atoms with Crippen molar-refractivity contribution in [3.8, 4) is 0 Å². The van der Waals surface area contributed by atoms with Gasteiger partial charge in [-0.05, 0) is 37.1 Å². The average Bonchev–Trinajstić information content (AvgIpc) is 2.30. The second-order valence-corrected chi connectivity index (χ2v) is 3.75. The summed E-state index contributed by atoms with van der Waals surface area (Å²) in [6, 6.07) is 12.0. The molecule has 1 aromatic heterocycles. The Morgan fingerprint density at radius 1 is 0.947 bits per heavy atom. The first-order valence-electron chi connectivity index (χ1n) is 5.28. The van der Waals surface area contributed by atoms with Gasteiger partial charge in [0.25, 0.3) is 0 Å². The van der Waals surface area contributed by atoms with Gasteiger partial charge in [-0.15, -0.1) is 0 Å². The molecule has 0 spiro atoms. The van der Waals surface area contributed by atoms with Gasteiger partial charge < -0.3 is 24.8 Å². The number of aromatic nitrogens is 1. The molecule has 2 rings (SSSR count). The number of hydrogen-bond donors (Lipinski definition) is 0. The molecule has 0 fully saturated rings. The molecule has 1 aromatic carbocycles. The second kappa shape index (κ2) is 9.97. The quantitative estimate of drug-likeness (QED) is 0.437. The molecule has 2 aromatic rings. The van der Waals surface area contributed by atoms with Crippen LogP contribution in [0, 0.1) is 13.8 Å². The van der Waals surface area contributed by atoms with Crippen molar-refractivity contribution in [2.45, 2.75) is 13.8 Å². The van der Waals surface area contributed by atoms with Gasteiger partial charge in [-0.1, -0.05) is 24.3 Å². The van der Waals surface area contributed by atoms with E-state index in [0.29, 0.717) is 0 Å². The maximum absolute atomic E-state index is 4.49. The summed E-state index contributed by atoms with van der Waals surface area (Å²) in [5.74, 6) is 0.